The molecule has 0 aromatic carbocycles. The van der Waals surface area contributed by atoms with E-state index in [9.17, 15) is 14.6 Å². The van der Waals surface area contributed by atoms with Gasteiger partial charge in [-0.15, -0.1) is 0 Å². The number of ether oxygens (including phenoxy) is 2. The van der Waals surface area contributed by atoms with Crippen LogP contribution in [-0.2, 0) is 48.5 Å². The van der Waals surface area contributed by atoms with Crippen molar-refractivity contribution >= 4 is 60.3 Å². The molecule has 0 spiro atoms. The third-order valence-corrected chi connectivity index (χ3v) is 10.4. The van der Waals surface area contributed by atoms with Gasteiger partial charge in [0, 0.05) is 7.11 Å². The zero-order valence-corrected chi connectivity index (χ0v) is 25.5. The Kier molecular flexibility index (Phi) is 7.83. The molecule has 0 aliphatic carbocycles. The summed E-state index contributed by atoms with van der Waals surface area (Å²) in [7, 11) is -3.53. The molecule has 7 heterocycles. The molecule has 4 aromatic rings. The number of nitrogens with two attached hydrogens (primary N) is 2. The van der Waals surface area contributed by atoms with Crippen molar-refractivity contribution in [3.05, 3.63) is 25.3 Å². The SMILES string of the molecule is COP1(=O)OC[C@H]2O[C@@H](n3cnc4c(N)ncnc43)C(OP(O)(=S)OCC3O[C@@H](n4cnc5c(N)ncnc54)C(F)C3O1)[C@H]2O. The van der Waals surface area contributed by atoms with Gasteiger partial charge < -0.3 is 35.5 Å². The molecular formula is C21H25FN10O10P2S. The van der Waals surface area contributed by atoms with Crippen molar-refractivity contribution in [2.24, 2.45) is 0 Å². The zero-order chi connectivity index (χ0) is 31.7. The van der Waals surface area contributed by atoms with Crippen LogP contribution in [-0.4, -0.2) is 106 Å². The Labute approximate surface area is 256 Å². The minimum Gasteiger partial charge on any atom is -0.387 e. The molecule has 3 aliphatic heterocycles. The Hall–Kier alpha value is -2.85. The molecule has 0 amide bonds. The number of hydrogen-bond acceptors (Lipinski definition) is 18. The van der Waals surface area contributed by atoms with Crippen LogP contribution in [0.5, 0.6) is 0 Å². The number of halogens is 1. The molecule has 0 radical (unpaired) electrons. The number of rotatable bonds is 3. The van der Waals surface area contributed by atoms with Crippen LogP contribution >= 0.6 is 14.5 Å². The maximum Gasteiger partial charge on any atom is 0.475 e. The number of nitrogen functional groups attached to an aromatic ring is 2. The predicted octanol–water partition coefficient (Wildman–Crippen LogP) is 0.113. The van der Waals surface area contributed by atoms with Gasteiger partial charge in [0.15, 0.2) is 41.6 Å². The number of aliphatic hydroxyl groups is 1. The van der Waals surface area contributed by atoms with Gasteiger partial charge in [-0.2, -0.15) is 0 Å². The van der Waals surface area contributed by atoms with Crippen molar-refractivity contribution in [3.8, 4) is 0 Å². The second kappa shape index (κ2) is 11.4. The van der Waals surface area contributed by atoms with E-state index in [0.717, 1.165) is 7.11 Å². The van der Waals surface area contributed by atoms with Gasteiger partial charge in [-0.3, -0.25) is 27.2 Å². The smallest absolute Gasteiger partial charge is 0.387 e. The van der Waals surface area contributed by atoms with Crippen LogP contribution in [0.15, 0.2) is 25.3 Å². The van der Waals surface area contributed by atoms with Crippen molar-refractivity contribution in [3.63, 3.8) is 0 Å². The van der Waals surface area contributed by atoms with Gasteiger partial charge in [0.25, 0.3) is 0 Å². The number of alkyl halides is 1. The van der Waals surface area contributed by atoms with Gasteiger partial charge >= 0.3 is 14.5 Å². The van der Waals surface area contributed by atoms with Crippen molar-refractivity contribution in [2.45, 2.75) is 49.1 Å². The lowest BCUT2D eigenvalue weighted by molar-refractivity contribution is -0.0645. The van der Waals surface area contributed by atoms with E-state index in [1.807, 2.05) is 0 Å². The number of aliphatic hydroxyl groups excluding tert-OH is 1. The lowest BCUT2D eigenvalue weighted by Crippen LogP contribution is -2.35. The van der Waals surface area contributed by atoms with E-state index in [2.05, 4.69) is 29.9 Å². The molecule has 20 nitrogen and oxygen atoms in total. The summed E-state index contributed by atoms with van der Waals surface area (Å²) in [6.07, 6.45) is -6.93. The minimum atomic E-state index is -4.56. The van der Waals surface area contributed by atoms with E-state index in [-0.39, 0.29) is 34.0 Å². The molecule has 3 saturated heterocycles. The maximum absolute atomic E-state index is 16.1. The van der Waals surface area contributed by atoms with E-state index in [1.54, 1.807) is 0 Å². The second-order valence-electron chi connectivity index (χ2n) is 10.1. The van der Waals surface area contributed by atoms with E-state index in [0.29, 0.717) is 0 Å². The number of nitrogens with zero attached hydrogens (tertiary/aromatic N) is 8. The molecule has 3 fully saturated rings. The van der Waals surface area contributed by atoms with Crippen LogP contribution in [0.3, 0.4) is 0 Å². The largest absolute Gasteiger partial charge is 0.475 e. The normalized spacial score (nSPS) is 37.7. The van der Waals surface area contributed by atoms with Crippen LogP contribution in [0.25, 0.3) is 22.3 Å². The number of anilines is 2. The van der Waals surface area contributed by atoms with Gasteiger partial charge in [-0.05, 0) is 11.8 Å². The lowest BCUT2D eigenvalue weighted by atomic mass is 10.1. The highest BCUT2D eigenvalue weighted by Gasteiger charge is 2.54. The molecular weight excluding hydrogens is 665 g/mol. The highest BCUT2D eigenvalue weighted by Crippen LogP contribution is 2.56. The van der Waals surface area contributed by atoms with Crippen molar-refractivity contribution in [1.82, 2.24) is 39.0 Å². The van der Waals surface area contributed by atoms with Gasteiger partial charge in [0.2, 0.25) is 0 Å². The molecule has 242 valence electrons. The molecule has 24 heteroatoms. The standard InChI is InChI=1S/C21H25FN10O10P2S/c1-36-43(34)37-2-8-13(33)15(21(39-8)32-7-30-12-17(24)26-5-28-19(12)32)42-44(35,45)38-3-9-14(41-43)10(22)20(40-9)31-6-29-11-16(23)25-4-27-18(11)31/h4-10,13-15,20-21,33H,2-3H2,1H3,(H,35,45)(H2,23,25,27)(H2,24,26,28)/t8-,9?,10?,13+,14?,15?,20-,21-,43?,44?/m1/s1. The first-order valence-electron chi connectivity index (χ1n) is 13.1. The lowest BCUT2D eigenvalue weighted by Gasteiger charge is -2.27. The average molecular weight is 691 g/mol. The van der Waals surface area contributed by atoms with Gasteiger partial charge in [-0.1, -0.05) is 0 Å². The molecule has 6 N–H and O–H groups in total. The first kappa shape index (κ1) is 30.8. The first-order valence-corrected chi connectivity index (χ1v) is 17.2. The van der Waals surface area contributed by atoms with E-state index < -0.39 is 76.9 Å². The van der Waals surface area contributed by atoms with Crippen molar-refractivity contribution < 1.29 is 51.0 Å². The number of hydrogen-bond donors (Lipinski definition) is 4. The van der Waals surface area contributed by atoms with Crippen LogP contribution in [0.4, 0.5) is 16.0 Å². The molecule has 0 saturated carbocycles. The van der Waals surface area contributed by atoms with E-state index in [4.69, 9.17) is 55.4 Å². The number of imidazole rings is 2. The fourth-order valence-electron chi connectivity index (χ4n) is 5.28. The van der Waals surface area contributed by atoms with Crippen LogP contribution < -0.4 is 11.5 Å². The Morgan fingerprint density at radius 3 is 2.11 bits per heavy atom. The summed E-state index contributed by atoms with van der Waals surface area (Å²) in [4.78, 5) is 35.5. The molecule has 7 rings (SSSR count). The number of phosphoric acid groups is 1. The fourth-order valence-corrected chi connectivity index (χ4v) is 7.82. The zero-order valence-electron chi connectivity index (χ0n) is 22.9. The fraction of sp³-hybridized carbons (Fsp3) is 0.524. The second-order valence-corrected chi connectivity index (χ2v) is 14.6. The molecule has 45 heavy (non-hydrogen) atoms. The summed E-state index contributed by atoms with van der Waals surface area (Å²) in [5.41, 5.74) is 12.6. The van der Waals surface area contributed by atoms with Crippen molar-refractivity contribution in [2.75, 3.05) is 31.8 Å². The molecule has 6 unspecified atom stereocenters. The maximum atomic E-state index is 16.1. The molecule has 10 atom stereocenters. The molecule has 4 aromatic heterocycles. The predicted molar refractivity (Wildman–Crippen MR) is 151 cm³/mol. The summed E-state index contributed by atoms with van der Waals surface area (Å²) in [5.74, 6) is 0.141. The Balaban J connectivity index is 1.22. The highest BCUT2D eigenvalue weighted by atomic mass is 32.5. The average Bonchev–Trinajstić information content (AvgIpc) is 3.77. The van der Waals surface area contributed by atoms with Gasteiger partial charge in [0.1, 0.15) is 54.2 Å². The number of phosphoric ester groups is 1. The molecule has 3 aliphatic rings. The summed E-state index contributed by atoms with van der Waals surface area (Å²) < 4.78 is 71.7. The summed E-state index contributed by atoms with van der Waals surface area (Å²) >= 11 is 5.25. The summed E-state index contributed by atoms with van der Waals surface area (Å²) in [5, 5.41) is 11.2. The third-order valence-electron chi connectivity index (χ3n) is 7.43. The number of aromatic nitrogens is 8. The monoisotopic (exact) mass is 690 g/mol. The highest BCUT2D eigenvalue weighted by molar-refractivity contribution is 8.07. The quantitative estimate of drug-likeness (QED) is 0.208. The van der Waals surface area contributed by atoms with E-state index >= 15 is 4.39 Å². The Morgan fingerprint density at radius 1 is 0.911 bits per heavy atom. The van der Waals surface area contributed by atoms with E-state index in [1.165, 1.54) is 34.4 Å². The van der Waals surface area contributed by atoms with Crippen LogP contribution in [0.2, 0.25) is 0 Å². The Bertz CT molecular complexity index is 1850. The third kappa shape index (κ3) is 5.39. The minimum absolute atomic E-state index is 0.0571. The van der Waals surface area contributed by atoms with Crippen molar-refractivity contribution in [1.29, 1.82) is 0 Å². The number of fused-ring (bicyclic) bond motifs is 5. The van der Waals surface area contributed by atoms with Gasteiger partial charge in [-0.25, -0.2) is 38.9 Å². The van der Waals surface area contributed by atoms with Gasteiger partial charge in [0.05, 0.1) is 25.9 Å². The molecule has 2 bridgehead atoms. The van der Waals surface area contributed by atoms with Crippen LogP contribution in [0.1, 0.15) is 12.5 Å². The Morgan fingerprint density at radius 2 is 1.49 bits per heavy atom. The topological polar surface area (TPSA) is 261 Å². The van der Waals surface area contributed by atoms with Crippen LogP contribution in [0, 0.1) is 0 Å². The summed E-state index contributed by atoms with van der Waals surface area (Å²) in [6, 6.07) is 0. The first-order chi connectivity index (χ1) is 21.5. The summed E-state index contributed by atoms with van der Waals surface area (Å²) in [6.45, 7) is -5.44.